The molecule has 0 saturated heterocycles. The van der Waals surface area contributed by atoms with Gasteiger partial charge in [-0.3, -0.25) is 0 Å². The fourth-order valence-corrected chi connectivity index (χ4v) is 3.10. The molecule has 0 bridgehead atoms. The first-order chi connectivity index (χ1) is 11.9. The third-order valence-corrected chi connectivity index (χ3v) is 4.40. The molecular weight excluding hydrogens is 338 g/mol. The van der Waals surface area contributed by atoms with E-state index in [-0.39, 0.29) is 11.5 Å². The topological polar surface area (TPSA) is 59.4 Å². The molecule has 1 N–H and O–H groups in total. The number of rotatable bonds is 4. The van der Waals surface area contributed by atoms with Crippen LogP contribution in [0.2, 0.25) is 5.02 Å². The standard InChI is InChI=1S/C20H18ClNO3/c1-11(2)13-5-4-6-14-15(20(23)24)10-17(22-19(13)14)16-9-12(21)7-8-18(16)25-3/h4-11H,1-3H3,(H,23,24). The first kappa shape index (κ1) is 17.2. The lowest BCUT2D eigenvalue weighted by molar-refractivity contribution is 0.0699. The quantitative estimate of drug-likeness (QED) is 0.682. The van der Waals surface area contributed by atoms with Crippen molar-refractivity contribution in [3.05, 3.63) is 58.6 Å². The molecular formula is C20H18ClNO3. The van der Waals surface area contributed by atoms with E-state index in [0.29, 0.717) is 32.9 Å². The van der Waals surface area contributed by atoms with Gasteiger partial charge in [-0.2, -0.15) is 0 Å². The van der Waals surface area contributed by atoms with Crippen LogP contribution in [-0.4, -0.2) is 23.2 Å². The number of halogens is 1. The molecule has 0 aliphatic heterocycles. The second-order valence-electron chi connectivity index (χ2n) is 6.10. The van der Waals surface area contributed by atoms with Crippen LogP contribution in [0.5, 0.6) is 5.75 Å². The van der Waals surface area contributed by atoms with Gasteiger partial charge >= 0.3 is 5.97 Å². The molecule has 3 rings (SSSR count). The number of para-hydroxylation sites is 1. The molecule has 128 valence electrons. The number of carboxylic acid groups (broad SMARTS) is 1. The maximum atomic E-state index is 11.8. The number of benzene rings is 2. The zero-order valence-corrected chi connectivity index (χ0v) is 15.0. The van der Waals surface area contributed by atoms with Crippen molar-refractivity contribution >= 4 is 28.5 Å². The van der Waals surface area contributed by atoms with Gasteiger partial charge in [0.05, 0.1) is 23.9 Å². The van der Waals surface area contributed by atoms with Crippen LogP contribution in [0, 0.1) is 0 Å². The molecule has 5 heteroatoms. The van der Waals surface area contributed by atoms with Crippen LogP contribution in [0.15, 0.2) is 42.5 Å². The van der Waals surface area contributed by atoms with Crippen molar-refractivity contribution in [2.24, 2.45) is 0 Å². The summed E-state index contributed by atoms with van der Waals surface area (Å²) >= 11 is 6.13. The Labute approximate surface area is 151 Å². The van der Waals surface area contributed by atoms with Crippen molar-refractivity contribution in [2.45, 2.75) is 19.8 Å². The third-order valence-electron chi connectivity index (χ3n) is 4.16. The van der Waals surface area contributed by atoms with E-state index < -0.39 is 5.97 Å². The predicted molar refractivity (Wildman–Crippen MR) is 99.8 cm³/mol. The summed E-state index contributed by atoms with van der Waals surface area (Å²) in [6.07, 6.45) is 0. The molecule has 0 saturated carbocycles. The van der Waals surface area contributed by atoms with Crippen molar-refractivity contribution in [3.8, 4) is 17.0 Å². The van der Waals surface area contributed by atoms with Gasteiger partial charge < -0.3 is 9.84 Å². The molecule has 25 heavy (non-hydrogen) atoms. The third kappa shape index (κ3) is 3.17. The highest BCUT2D eigenvalue weighted by Gasteiger charge is 2.18. The Bertz CT molecular complexity index is 967. The van der Waals surface area contributed by atoms with Crippen LogP contribution in [0.1, 0.15) is 35.7 Å². The predicted octanol–water partition coefficient (Wildman–Crippen LogP) is 5.39. The van der Waals surface area contributed by atoms with E-state index in [4.69, 9.17) is 21.3 Å². The van der Waals surface area contributed by atoms with Gasteiger partial charge in [-0.25, -0.2) is 9.78 Å². The van der Waals surface area contributed by atoms with Crippen molar-refractivity contribution in [2.75, 3.05) is 7.11 Å². The summed E-state index contributed by atoms with van der Waals surface area (Å²) in [7, 11) is 1.56. The lowest BCUT2D eigenvalue weighted by Crippen LogP contribution is -2.03. The number of pyridine rings is 1. The molecule has 0 spiro atoms. The molecule has 0 aliphatic carbocycles. The molecule has 3 aromatic rings. The number of aromatic nitrogens is 1. The summed E-state index contributed by atoms with van der Waals surface area (Å²) in [5.74, 6) is -0.181. The number of fused-ring (bicyclic) bond motifs is 1. The smallest absolute Gasteiger partial charge is 0.336 e. The average molecular weight is 356 g/mol. The maximum absolute atomic E-state index is 11.8. The van der Waals surface area contributed by atoms with Crippen molar-refractivity contribution < 1.29 is 14.6 Å². The van der Waals surface area contributed by atoms with E-state index in [2.05, 4.69) is 13.8 Å². The lowest BCUT2D eigenvalue weighted by atomic mass is 9.96. The molecule has 0 aliphatic rings. The fourth-order valence-electron chi connectivity index (χ4n) is 2.93. The van der Waals surface area contributed by atoms with Gasteiger partial charge in [0.2, 0.25) is 0 Å². The summed E-state index contributed by atoms with van der Waals surface area (Å²) < 4.78 is 5.40. The van der Waals surface area contributed by atoms with Gasteiger partial charge in [0.1, 0.15) is 5.75 Å². The Kier molecular flexibility index (Phi) is 4.64. The summed E-state index contributed by atoms with van der Waals surface area (Å²) in [6.45, 7) is 4.12. The average Bonchev–Trinajstić information content (AvgIpc) is 2.59. The number of hydrogen-bond donors (Lipinski definition) is 1. The van der Waals surface area contributed by atoms with Crippen LogP contribution in [0.4, 0.5) is 0 Å². The Morgan fingerprint density at radius 2 is 1.96 bits per heavy atom. The van der Waals surface area contributed by atoms with E-state index in [1.165, 1.54) is 0 Å². The molecule has 1 heterocycles. The van der Waals surface area contributed by atoms with Gasteiger partial charge in [0, 0.05) is 16.0 Å². The van der Waals surface area contributed by atoms with Crippen LogP contribution in [0.25, 0.3) is 22.2 Å². The molecule has 4 nitrogen and oxygen atoms in total. The Morgan fingerprint density at radius 1 is 1.20 bits per heavy atom. The lowest BCUT2D eigenvalue weighted by Gasteiger charge is -2.14. The molecule has 0 amide bonds. The Balaban J connectivity index is 2.39. The number of aromatic carboxylic acids is 1. The molecule has 1 aromatic heterocycles. The highest BCUT2D eigenvalue weighted by atomic mass is 35.5. The van der Waals surface area contributed by atoms with E-state index >= 15 is 0 Å². The monoisotopic (exact) mass is 355 g/mol. The van der Waals surface area contributed by atoms with Gasteiger partial charge in [0.15, 0.2) is 0 Å². The highest BCUT2D eigenvalue weighted by molar-refractivity contribution is 6.31. The molecule has 2 aromatic carbocycles. The molecule has 0 fully saturated rings. The number of ether oxygens (including phenoxy) is 1. The highest BCUT2D eigenvalue weighted by Crippen LogP contribution is 2.35. The van der Waals surface area contributed by atoms with Crippen LogP contribution < -0.4 is 4.74 Å². The van der Waals surface area contributed by atoms with E-state index in [1.54, 1.807) is 37.4 Å². The summed E-state index contributed by atoms with van der Waals surface area (Å²) in [4.78, 5) is 16.6. The number of hydrogen-bond acceptors (Lipinski definition) is 3. The number of carboxylic acids is 1. The first-order valence-corrected chi connectivity index (χ1v) is 8.31. The maximum Gasteiger partial charge on any atom is 0.336 e. The molecule has 0 atom stereocenters. The van der Waals surface area contributed by atoms with Gasteiger partial charge in [-0.05, 0) is 35.7 Å². The van der Waals surface area contributed by atoms with Gasteiger partial charge in [-0.1, -0.05) is 43.6 Å². The Hall–Kier alpha value is -2.59. The minimum atomic E-state index is -0.990. The minimum absolute atomic E-state index is 0.213. The number of nitrogens with zero attached hydrogens (tertiary/aromatic N) is 1. The number of methoxy groups -OCH3 is 1. The van der Waals surface area contributed by atoms with Crippen LogP contribution in [-0.2, 0) is 0 Å². The minimum Gasteiger partial charge on any atom is -0.496 e. The van der Waals surface area contributed by atoms with E-state index in [0.717, 1.165) is 5.56 Å². The summed E-state index contributed by atoms with van der Waals surface area (Å²) in [5, 5.41) is 10.8. The zero-order chi connectivity index (χ0) is 18.1. The fraction of sp³-hybridized carbons (Fsp3) is 0.200. The van der Waals surface area contributed by atoms with Crippen molar-refractivity contribution in [1.82, 2.24) is 4.98 Å². The Morgan fingerprint density at radius 3 is 2.60 bits per heavy atom. The largest absolute Gasteiger partial charge is 0.496 e. The summed E-state index contributed by atoms with van der Waals surface area (Å²) in [5.41, 5.74) is 3.09. The van der Waals surface area contributed by atoms with E-state index in [9.17, 15) is 9.90 Å². The van der Waals surface area contributed by atoms with E-state index in [1.807, 2.05) is 12.1 Å². The molecule has 0 unspecified atom stereocenters. The zero-order valence-electron chi connectivity index (χ0n) is 14.2. The second-order valence-corrected chi connectivity index (χ2v) is 6.54. The van der Waals surface area contributed by atoms with Crippen LogP contribution >= 0.6 is 11.6 Å². The SMILES string of the molecule is COc1ccc(Cl)cc1-c1cc(C(=O)O)c2cccc(C(C)C)c2n1. The van der Waals surface area contributed by atoms with Crippen molar-refractivity contribution in [3.63, 3.8) is 0 Å². The first-order valence-electron chi connectivity index (χ1n) is 7.93. The van der Waals surface area contributed by atoms with Crippen LogP contribution in [0.3, 0.4) is 0 Å². The van der Waals surface area contributed by atoms with Gasteiger partial charge in [0.25, 0.3) is 0 Å². The normalized spacial score (nSPS) is 11.1. The molecule has 0 radical (unpaired) electrons. The number of carbonyl (C=O) groups is 1. The summed E-state index contributed by atoms with van der Waals surface area (Å²) in [6, 6.07) is 12.4. The second kappa shape index (κ2) is 6.73. The van der Waals surface area contributed by atoms with Crippen molar-refractivity contribution in [1.29, 1.82) is 0 Å². The van der Waals surface area contributed by atoms with Gasteiger partial charge in [-0.15, -0.1) is 0 Å².